The van der Waals surface area contributed by atoms with Crippen LogP contribution < -0.4 is 16.3 Å². The van der Waals surface area contributed by atoms with Gasteiger partial charge in [0.15, 0.2) is 11.2 Å². The molecular weight excluding hydrogens is 398 g/mol. The molecule has 28 heavy (non-hydrogen) atoms. The maximum atomic E-state index is 15.3. The first-order valence-corrected chi connectivity index (χ1v) is 8.36. The van der Waals surface area contributed by atoms with Crippen molar-refractivity contribution >= 4 is 39.3 Å². The van der Waals surface area contributed by atoms with Gasteiger partial charge in [-0.2, -0.15) is 5.16 Å². The number of anilines is 1. The van der Waals surface area contributed by atoms with E-state index in [0.717, 1.165) is 10.6 Å². The SMILES string of the molecule is O=c1[nH]oc2c1c(=O)c1cc(F)c(NCCO)c(F)c1n2-c1ccncc1Cl. The molecule has 0 saturated heterocycles. The summed E-state index contributed by atoms with van der Waals surface area (Å²) in [5.41, 5.74) is -2.76. The van der Waals surface area contributed by atoms with E-state index in [0.29, 0.717) is 0 Å². The van der Waals surface area contributed by atoms with Crippen molar-refractivity contribution in [1.82, 2.24) is 14.7 Å². The summed E-state index contributed by atoms with van der Waals surface area (Å²) in [5.74, 6) is -2.17. The third-order valence-electron chi connectivity index (χ3n) is 4.18. The second-order valence-corrected chi connectivity index (χ2v) is 6.21. The van der Waals surface area contributed by atoms with Gasteiger partial charge in [0, 0.05) is 18.9 Å². The molecular formula is C17H11ClF2N4O4. The number of nitrogens with zero attached hydrogens (tertiary/aromatic N) is 2. The number of halogens is 3. The molecule has 0 amide bonds. The number of nitrogens with one attached hydrogen (secondary N) is 2. The van der Waals surface area contributed by atoms with E-state index in [1.165, 1.54) is 18.5 Å². The quantitative estimate of drug-likeness (QED) is 0.477. The molecule has 144 valence electrons. The minimum atomic E-state index is -1.11. The number of hydrogen-bond donors (Lipinski definition) is 3. The topological polar surface area (TPSA) is 113 Å². The minimum Gasteiger partial charge on any atom is -0.395 e. The Labute approximate surface area is 158 Å². The molecule has 4 rings (SSSR count). The average Bonchev–Trinajstić information content (AvgIpc) is 3.05. The number of aliphatic hydroxyl groups is 1. The lowest BCUT2D eigenvalue weighted by molar-refractivity contribution is 0.310. The van der Waals surface area contributed by atoms with Gasteiger partial charge in [-0.05, 0) is 12.1 Å². The molecule has 0 aliphatic rings. The maximum absolute atomic E-state index is 15.3. The summed E-state index contributed by atoms with van der Waals surface area (Å²) in [6, 6.07) is 2.24. The Morgan fingerprint density at radius 2 is 2.14 bits per heavy atom. The molecule has 11 heteroatoms. The van der Waals surface area contributed by atoms with Crippen LogP contribution in [0.1, 0.15) is 0 Å². The predicted octanol–water partition coefficient (Wildman–Crippen LogP) is 2.16. The van der Waals surface area contributed by atoms with Crippen LogP contribution in [-0.4, -0.2) is 33.0 Å². The molecule has 3 N–H and O–H groups in total. The molecule has 0 bridgehead atoms. The van der Waals surface area contributed by atoms with Crippen molar-refractivity contribution in [2.24, 2.45) is 0 Å². The van der Waals surface area contributed by atoms with Gasteiger partial charge in [-0.1, -0.05) is 11.6 Å². The fourth-order valence-electron chi connectivity index (χ4n) is 3.01. The zero-order valence-corrected chi connectivity index (χ0v) is 14.7. The molecule has 8 nitrogen and oxygen atoms in total. The van der Waals surface area contributed by atoms with Gasteiger partial charge in [-0.15, -0.1) is 0 Å². The van der Waals surface area contributed by atoms with Crippen LogP contribution in [0.15, 0.2) is 38.6 Å². The standard InChI is InChI=1S/C17H11ClF2N4O4/c18-8-6-21-2-1-10(8)24-14-7(15(26)11-16(27)23-28-17(11)24)5-9(19)13(12(14)20)22-3-4-25/h1-2,5-6,22,25H,3-4H2,(H,23,27). The summed E-state index contributed by atoms with van der Waals surface area (Å²) in [6.45, 7) is -0.493. The molecule has 0 unspecified atom stereocenters. The van der Waals surface area contributed by atoms with Crippen molar-refractivity contribution in [3.05, 3.63) is 61.8 Å². The van der Waals surface area contributed by atoms with Gasteiger partial charge in [0.1, 0.15) is 11.5 Å². The summed E-state index contributed by atoms with van der Waals surface area (Å²) < 4.78 is 36.0. The molecule has 3 heterocycles. The average molecular weight is 409 g/mol. The Balaban J connectivity index is 2.27. The fraction of sp³-hybridized carbons (Fsp3) is 0.118. The van der Waals surface area contributed by atoms with Crippen LogP contribution in [0.2, 0.25) is 5.02 Å². The van der Waals surface area contributed by atoms with Crippen LogP contribution in [0.5, 0.6) is 0 Å². The van der Waals surface area contributed by atoms with Gasteiger partial charge >= 0.3 is 0 Å². The van der Waals surface area contributed by atoms with Crippen molar-refractivity contribution < 1.29 is 18.4 Å². The Kier molecular flexibility index (Phi) is 4.36. The van der Waals surface area contributed by atoms with Gasteiger partial charge in [0.05, 0.1) is 28.2 Å². The number of fused-ring (bicyclic) bond motifs is 2. The highest BCUT2D eigenvalue weighted by molar-refractivity contribution is 6.32. The summed E-state index contributed by atoms with van der Waals surface area (Å²) >= 11 is 6.18. The van der Waals surface area contributed by atoms with Gasteiger partial charge in [-0.25, -0.2) is 8.78 Å². The zero-order valence-electron chi connectivity index (χ0n) is 13.9. The van der Waals surface area contributed by atoms with Gasteiger partial charge in [-0.3, -0.25) is 19.1 Å². The third-order valence-corrected chi connectivity index (χ3v) is 4.47. The third kappa shape index (κ3) is 2.57. The number of H-pyrrole nitrogens is 1. The van der Waals surface area contributed by atoms with Crippen molar-refractivity contribution in [1.29, 1.82) is 0 Å². The lowest BCUT2D eigenvalue weighted by Gasteiger charge is -2.16. The van der Waals surface area contributed by atoms with Crippen LogP contribution in [-0.2, 0) is 0 Å². The van der Waals surface area contributed by atoms with E-state index < -0.39 is 33.7 Å². The second-order valence-electron chi connectivity index (χ2n) is 5.80. The number of aliphatic hydroxyl groups excluding tert-OH is 1. The highest BCUT2D eigenvalue weighted by Crippen LogP contribution is 2.32. The normalized spacial score (nSPS) is 11.4. The highest BCUT2D eigenvalue weighted by Gasteiger charge is 2.25. The van der Waals surface area contributed by atoms with E-state index in [2.05, 4.69) is 10.3 Å². The maximum Gasteiger partial charge on any atom is 0.293 e. The molecule has 0 radical (unpaired) electrons. The lowest BCUT2D eigenvalue weighted by atomic mass is 10.1. The summed E-state index contributed by atoms with van der Waals surface area (Å²) in [4.78, 5) is 28.6. The van der Waals surface area contributed by atoms with Crippen LogP contribution in [0.4, 0.5) is 14.5 Å². The number of pyridine rings is 2. The van der Waals surface area contributed by atoms with Gasteiger partial charge in [0.2, 0.25) is 11.1 Å². The van der Waals surface area contributed by atoms with Crippen molar-refractivity contribution in [3.63, 3.8) is 0 Å². The van der Waals surface area contributed by atoms with Crippen LogP contribution in [0.25, 0.3) is 27.7 Å². The van der Waals surface area contributed by atoms with E-state index in [1.807, 2.05) is 5.16 Å². The number of aromatic nitrogens is 3. The summed E-state index contributed by atoms with van der Waals surface area (Å²) in [7, 11) is 0. The molecule has 0 aliphatic carbocycles. The Bertz CT molecular complexity index is 1350. The Hall–Kier alpha value is -3.24. The number of hydrogen-bond acceptors (Lipinski definition) is 6. The molecule has 0 saturated carbocycles. The van der Waals surface area contributed by atoms with Crippen molar-refractivity contribution in [3.8, 4) is 5.69 Å². The van der Waals surface area contributed by atoms with Crippen molar-refractivity contribution in [2.75, 3.05) is 18.5 Å². The number of rotatable bonds is 4. The minimum absolute atomic E-state index is 0.0752. The van der Waals surface area contributed by atoms with Crippen LogP contribution in [0, 0.1) is 11.6 Å². The zero-order chi connectivity index (χ0) is 20.0. The monoisotopic (exact) mass is 408 g/mol. The van der Waals surface area contributed by atoms with Gasteiger partial charge < -0.3 is 14.9 Å². The lowest BCUT2D eigenvalue weighted by Crippen LogP contribution is -2.18. The summed E-state index contributed by atoms with van der Waals surface area (Å²) in [6.07, 6.45) is 2.65. The van der Waals surface area contributed by atoms with Crippen molar-refractivity contribution in [2.45, 2.75) is 0 Å². The second kappa shape index (κ2) is 6.73. The molecule has 4 aromatic rings. The van der Waals surface area contributed by atoms with Gasteiger partial charge in [0.25, 0.3) is 5.56 Å². The number of benzene rings is 1. The predicted molar refractivity (Wildman–Crippen MR) is 98.2 cm³/mol. The molecule has 0 atom stereocenters. The molecule has 1 aromatic carbocycles. The summed E-state index contributed by atoms with van der Waals surface area (Å²) in [5, 5.41) is 12.7. The van der Waals surface area contributed by atoms with E-state index >= 15 is 4.39 Å². The smallest absolute Gasteiger partial charge is 0.293 e. The van der Waals surface area contributed by atoms with E-state index in [9.17, 15) is 14.0 Å². The first-order valence-electron chi connectivity index (χ1n) is 7.98. The molecule has 3 aromatic heterocycles. The Morgan fingerprint density at radius 3 is 2.86 bits per heavy atom. The molecule has 0 aliphatic heterocycles. The largest absolute Gasteiger partial charge is 0.395 e. The van der Waals surface area contributed by atoms with Crippen LogP contribution in [0.3, 0.4) is 0 Å². The first-order chi connectivity index (χ1) is 13.5. The fourth-order valence-corrected chi connectivity index (χ4v) is 3.21. The molecule has 0 spiro atoms. The van der Waals surface area contributed by atoms with E-state index in [4.69, 9.17) is 21.2 Å². The Morgan fingerprint density at radius 1 is 1.36 bits per heavy atom. The highest BCUT2D eigenvalue weighted by atomic mass is 35.5. The van der Waals surface area contributed by atoms with E-state index in [-0.39, 0.29) is 40.5 Å². The molecule has 0 fully saturated rings. The number of aromatic amines is 1. The first kappa shape index (κ1) is 18.1. The van der Waals surface area contributed by atoms with E-state index in [1.54, 1.807) is 0 Å². The van der Waals surface area contributed by atoms with Crippen LogP contribution >= 0.6 is 11.6 Å².